The summed E-state index contributed by atoms with van der Waals surface area (Å²) < 4.78 is 0. The molecule has 0 unspecified atom stereocenters. The molecule has 1 aliphatic rings. The van der Waals surface area contributed by atoms with E-state index in [0.29, 0.717) is 17.9 Å². The Balaban J connectivity index is 1.64. The van der Waals surface area contributed by atoms with E-state index in [9.17, 15) is 9.59 Å². The van der Waals surface area contributed by atoms with Crippen LogP contribution in [-0.4, -0.2) is 49.2 Å². The molecule has 1 N–H and O–H groups in total. The van der Waals surface area contributed by atoms with Crippen molar-refractivity contribution in [3.63, 3.8) is 0 Å². The summed E-state index contributed by atoms with van der Waals surface area (Å²) >= 11 is 1.68. The predicted molar refractivity (Wildman–Crippen MR) is 80.0 cm³/mol. The highest BCUT2D eigenvalue weighted by molar-refractivity contribution is 7.99. The summed E-state index contributed by atoms with van der Waals surface area (Å²) in [4.78, 5) is 26.5. The minimum atomic E-state index is -1.12. The van der Waals surface area contributed by atoms with Crippen LogP contribution in [0.15, 0.2) is 35.2 Å². The smallest absolute Gasteiger partial charge is 0.408 e. The van der Waals surface area contributed by atoms with Gasteiger partial charge in [-0.3, -0.25) is 9.69 Å². The lowest BCUT2D eigenvalue weighted by Gasteiger charge is -2.20. The predicted octanol–water partition coefficient (Wildman–Crippen LogP) is 1.75. The van der Waals surface area contributed by atoms with Crippen molar-refractivity contribution in [2.75, 3.05) is 12.3 Å². The number of carbonyl (C=O) groups excluding carboxylic acids is 1. The number of carboxylic acid groups (broad SMARTS) is 1. The molecule has 0 fully saturated rings. The van der Waals surface area contributed by atoms with Crippen molar-refractivity contribution in [1.82, 2.24) is 19.9 Å². The average Bonchev–Trinajstić information content (AvgIpc) is 2.92. The molecule has 0 radical (unpaired) electrons. The Hall–Kier alpha value is -2.35. The van der Waals surface area contributed by atoms with E-state index in [1.807, 2.05) is 30.3 Å². The molecule has 8 heteroatoms. The largest absolute Gasteiger partial charge is 0.465 e. The number of ketones is 1. The number of rotatable bonds is 4. The lowest BCUT2D eigenvalue weighted by Crippen LogP contribution is -2.38. The normalized spacial score (nSPS) is 14.0. The van der Waals surface area contributed by atoms with Crippen molar-refractivity contribution in [2.24, 2.45) is 0 Å². The lowest BCUT2D eigenvalue weighted by atomic mass is 10.1. The van der Waals surface area contributed by atoms with Crippen LogP contribution in [0, 0.1) is 0 Å². The first-order valence-corrected chi connectivity index (χ1v) is 7.75. The molecule has 22 heavy (non-hydrogen) atoms. The van der Waals surface area contributed by atoms with Crippen LogP contribution >= 0.6 is 11.8 Å². The zero-order valence-corrected chi connectivity index (χ0v) is 12.5. The van der Waals surface area contributed by atoms with Gasteiger partial charge >= 0.3 is 6.09 Å². The van der Waals surface area contributed by atoms with Gasteiger partial charge in [0.05, 0.1) is 19.6 Å². The summed E-state index contributed by atoms with van der Waals surface area (Å²) in [5, 5.41) is 17.4. The second kappa shape index (κ2) is 6.18. The zero-order chi connectivity index (χ0) is 15.5. The van der Waals surface area contributed by atoms with E-state index in [1.165, 1.54) is 4.80 Å². The van der Waals surface area contributed by atoms with Gasteiger partial charge in [-0.2, -0.15) is 9.90 Å². The highest BCUT2D eigenvalue weighted by atomic mass is 32.2. The molecule has 1 aliphatic heterocycles. The molecule has 7 nitrogen and oxygen atoms in total. The standard InChI is InChI=1S/C14H14N4O3S/c19-12-9-17(14(20)21)8-11-13(12)16-18(15-11)6-7-22-10-4-2-1-3-5-10/h1-5H,6-9H2,(H,20,21). The van der Waals surface area contributed by atoms with Crippen molar-refractivity contribution in [2.45, 2.75) is 18.0 Å². The van der Waals surface area contributed by atoms with Gasteiger partial charge in [-0.15, -0.1) is 16.9 Å². The Kier molecular flexibility index (Phi) is 4.10. The molecule has 1 aromatic heterocycles. The first kappa shape index (κ1) is 14.6. The molecule has 1 aromatic carbocycles. The summed E-state index contributed by atoms with van der Waals surface area (Å²) in [5.74, 6) is 0.472. The molecule has 2 aromatic rings. The molecular weight excluding hydrogens is 304 g/mol. The van der Waals surface area contributed by atoms with Crippen LogP contribution < -0.4 is 0 Å². The highest BCUT2D eigenvalue weighted by Crippen LogP contribution is 2.18. The van der Waals surface area contributed by atoms with E-state index in [0.717, 1.165) is 15.5 Å². The number of benzene rings is 1. The molecule has 2 heterocycles. The van der Waals surface area contributed by atoms with Crippen LogP contribution in [0.3, 0.4) is 0 Å². The van der Waals surface area contributed by atoms with Crippen molar-refractivity contribution in [3.8, 4) is 0 Å². The number of carbonyl (C=O) groups is 2. The Labute approximate surface area is 130 Å². The van der Waals surface area contributed by atoms with Crippen LogP contribution in [0.1, 0.15) is 16.2 Å². The first-order chi connectivity index (χ1) is 10.6. The second-order valence-electron chi connectivity index (χ2n) is 4.81. The molecule has 0 aliphatic carbocycles. The number of amides is 1. The SMILES string of the molecule is O=C1CN(C(=O)O)Cc2nn(CCSc3ccccc3)nc21. The number of aryl methyl sites for hydroxylation is 1. The van der Waals surface area contributed by atoms with Gasteiger partial charge in [-0.05, 0) is 12.1 Å². The van der Waals surface area contributed by atoms with Crippen molar-refractivity contribution in [3.05, 3.63) is 41.7 Å². The maximum atomic E-state index is 11.9. The fraction of sp³-hybridized carbons (Fsp3) is 0.286. The third kappa shape index (κ3) is 3.11. The fourth-order valence-electron chi connectivity index (χ4n) is 2.19. The number of hydrogen-bond donors (Lipinski definition) is 1. The van der Waals surface area contributed by atoms with Crippen molar-refractivity contribution < 1.29 is 14.7 Å². The Morgan fingerprint density at radius 3 is 2.73 bits per heavy atom. The van der Waals surface area contributed by atoms with E-state index in [4.69, 9.17) is 5.11 Å². The van der Waals surface area contributed by atoms with Gasteiger partial charge in [-0.25, -0.2) is 4.79 Å². The second-order valence-corrected chi connectivity index (χ2v) is 5.98. The number of fused-ring (bicyclic) bond motifs is 1. The molecule has 114 valence electrons. The lowest BCUT2D eigenvalue weighted by molar-refractivity contribution is 0.0868. The van der Waals surface area contributed by atoms with E-state index in [2.05, 4.69) is 10.2 Å². The molecular formula is C14H14N4O3S. The van der Waals surface area contributed by atoms with Gasteiger partial charge in [0, 0.05) is 10.6 Å². The van der Waals surface area contributed by atoms with E-state index in [-0.39, 0.29) is 18.9 Å². The maximum absolute atomic E-state index is 11.9. The summed E-state index contributed by atoms with van der Waals surface area (Å²) in [7, 11) is 0. The van der Waals surface area contributed by atoms with Crippen LogP contribution in [0.5, 0.6) is 0 Å². The van der Waals surface area contributed by atoms with Crippen molar-refractivity contribution in [1.29, 1.82) is 0 Å². The van der Waals surface area contributed by atoms with Crippen LogP contribution in [0.4, 0.5) is 4.79 Å². The molecule has 0 atom stereocenters. The van der Waals surface area contributed by atoms with E-state index >= 15 is 0 Å². The molecule has 0 spiro atoms. The highest BCUT2D eigenvalue weighted by Gasteiger charge is 2.30. The summed E-state index contributed by atoms with van der Waals surface area (Å²) in [5.41, 5.74) is 0.727. The van der Waals surface area contributed by atoms with Crippen LogP contribution in [-0.2, 0) is 13.1 Å². The van der Waals surface area contributed by atoms with Crippen LogP contribution in [0.25, 0.3) is 0 Å². The topological polar surface area (TPSA) is 88.3 Å². The Bertz CT molecular complexity index is 701. The van der Waals surface area contributed by atoms with Gasteiger partial charge < -0.3 is 5.11 Å². The maximum Gasteiger partial charge on any atom is 0.408 e. The summed E-state index contributed by atoms with van der Waals surface area (Å²) in [6.45, 7) is 0.523. The number of aromatic nitrogens is 3. The first-order valence-electron chi connectivity index (χ1n) is 6.76. The quantitative estimate of drug-likeness (QED) is 0.864. The molecule has 3 rings (SSSR count). The third-order valence-electron chi connectivity index (χ3n) is 3.24. The summed E-state index contributed by atoms with van der Waals surface area (Å²) in [6, 6.07) is 9.98. The minimum Gasteiger partial charge on any atom is -0.465 e. The van der Waals surface area contributed by atoms with Crippen LogP contribution in [0.2, 0.25) is 0 Å². The average molecular weight is 318 g/mol. The molecule has 0 bridgehead atoms. The summed E-state index contributed by atoms with van der Waals surface area (Å²) in [6.07, 6.45) is -1.12. The van der Waals surface area contributed by atoms with Gasteiger partial charge in [0.15, 0.2) is 5.69 Å². The number of thioether (sulfide) groups is 1. The van der Waals surface area contributed by atoms with Gasteiger partial charge in [0.25, 0.3) is 0 Å². The number of Topliss-reactive ketones (excluding diaryl/α,β-unsaturated/α-hetero) is 1. The van der Waals surface area contributed by atoms with Gasteiger partial charge in [-0.1, -0.05) is 18.2 Å². The Morgan fingerprint density at radius 2 is 2.00 bits per heavy atom. The monoisotopic (exact) mass is 318 g/mol. The Morgan fingerprint density at radius 1 is 1.23 bits per heavy atom. The molecule has 0 saturated heterocycles. The zero-order valence-electron chi connectivity index (χ0n) is 11.7. The van der Waals surface area contributed by atoms with E-state index < -0.39 is 6.09 Å². The number of nitrogens with zero attached hydrogens (tertiary/aromatic N) is 4. The third-order valence-corrected chi connectivity index (χ3v) is 4.23. The van der Waals surface area contributed by atoms with E-state index in [1.54, 1.807) is 11.8 Å². The van der Waals surface area contributed by atoms with Gasteiger partial charge in [0.1, 0.15) is 5.69 Å². The minimum absolute atomic E-state index is 0.113. The molecule has 1 amide bonds. The fourth-order valence-corrected chi connectivity index (χ4v) is 3.03. The van der Waals surface area contributed by atoms with Gasteiger partial charge in [0.2, 0.25) is 5.78 Å². The van der Waals surface area contributed by atoms with Crippen molar-refractivity contribution >= 4 is 23.6 Å². The molecule has 0 saturated carbocycles. The number of hydrogen-bond acceptors (Lipinski definition) is 5.